The number of nitrogens with two attached hydrogens (primary N) is 1. The second kappa shape index (κ2) is 3.73. The number of oxazole rings is 1. The summed E-state index contributed by atoms with van der Waals surface area (Å²) in [5.74, 6) is 0.561. The Hall–Kier alpha value is -1.66. The number of hydrogen-bond donors (Lipinski definition) is 1. The Bertz CT molecular complexity index is 599. The van der Waals surface area contributed by atoms with Gasteiger partial charge in [-0.15, -0.1) is 0 Å². The lowest BCUT2D eigenvalue weighted by molar-refractivity contribution is 0.521. The maximum Gasteiger partial charge on any atom is 0.238 e. The van der Waals surface area contributed by atoms with E-state index in [0.29, 0.717) is 11.6 Å². The molecular formula is C10H10N2O3S. The molecule has 1 aromatic heterocycles. The molecular weight excluding hydrogens is 228 g/mol. The van der Waals surface area contributed by atoms with Gasteiger partial charge >= 0.3 is 0 Å². The smallest absolute Gasteiger partial charge is 0.238 e. The maximum absolute atomic E-state index is 11.0. The van der Waals surface area contributed by atoms with Gasteiger partial charge in [0, 0.05) is 12.5 Å². The highest BCUT2D eigenvalue weighted by Crippen LogP contribution is 2.19. The van der Waals surface area contributed by atoms with Crippen molar-refractivity contribution in [3.8, 4) is 11.3 Å². The molecule has 2 N–H and O–H groups in total. The van der Waals surface area contributed by atoms with Gasteiger partial charge in [0.15, 0.2) is 5.89 Å². The highest BCUT2D eigenvalue weighted by Gasteiger charge is 2.08. The molecule has 0 atom stereocenters. The summed E-state index contributed by atoms with van der Waals surface area (Å²) in [4.78, 5) is 4.21. The number of hydrogen-bond acceptors (Lipinski definition) is 4. The minimum absolute atomic E-state index is 0.0801. The largest absolute Gasteiger partial charge is 0.449 e. The molecule has 0 aliphatic heterocycles. The van der Waals surface area contributed by atoms with Crippen LogP contribution in [0.3, 0.4) is 0 Å². The summed E-state index contributed by atoms with van der Waals surface area (Å²) in [5, 5.41) is 4.99. The first-order valence-corrected chi connectivity index (χ1v) is 6.07. The van der Waals surface area contributed by atoms with E-state index in [1.807, 2.05) is 0 Å². The number of nitrogens with zero attached hydrogens (tertiary/aromatic N) is 1. The Kier molecular flexibility index (Phi) is 2.53. The number of benzene rings is 1. The van der Waals surface area contributed by atoms with Crippen molar-refractivity contribution in [1.29, 1.82) is 0 Å². The zero-order valence-corrected chi connectivity index (χ0v) is 9.36. The van der Waals surface area contributed by atoms with Crippen LogP contribution in [-0.2, 0) is 10.0 Å². The molecule has 0 spiro atoms. The van der Waals surface area contributed by atoms with Crippen LogP contribution in [0.25, 0.3) is 11.3 Å². The number of aromatic nitrogens is 1. The molecule has 1 aromatic carbocycles. The predicted octanol–water partition coefficient (Wildman–Crippen LogP) is 1.30. The zero-order chi connectivity index (χ0) is 11.8. The van der Waals surface area contributed by atoms with Gasteiger partial charge in [-0.05, 0) is 12.1 Å². The second-order valence-corrected chi connectivity index (χ2v) is 4.88. The second-order valence-electron chi connectivity index (χ2n) is 3.32. The van der Waals surface area contributed by atoms with Crippen LogP contribution in [0.1, 0.15) is 5.89 Å². The highest BCUT2D eigenvalue weighted by molar-refractivity contribution is 7.89. The van der Waals surface area contributed by atoms with Crippen LogP contribution in [0.2, 0.25) is 0 Å². The molecule has 2 rings (SSSR count). The van der Waals surface area contributed by atoms with E-state index in [0.717, 1.165) is 5.56 Å². The molecule has 0 bridgehead atoms. The van der Waals surface area contributed by atoms with Gasteiger partial charge in [-0.2, -0.15) is 0 Å². The van der Waals surface area contributed by atoms with E-state index in [1.165, 1.54) is 18.4 Å². The van der Waals surface area contributed by atoms with Gasteiger partial charge < -0.3 is 4.42 Å². The van der Waals surface area contributed by atoms with Crippen molar-refractivity contribution in [2.75, 3.05) is 0 Å². The fourth-order valence-corrected chi connectivity index (χ4v) is 1.83. The first-order valence-electron chi connectivity index (χ1n) is 4.52. The summed E-state index contributed by atoms with van der Waals surface area (Å²) in [6.07, 6.45) is 1.52. The Morgan fingerprint density at radius 1 is 1.25 bits per heavy atom. The lowest BCUT2D eigenvalue weighted by atomic mass is 10.2. The number of sulfonamides is 1. The normalized spacial score (nSPS) is 11.6. The molecule has 0 fully saturated rings. The van der Waals surface area contributed by atoms with Crippen molar-refractivity contribution in [1.82, 2.24) is 4.98 Å². The van der Waals surface area contributed by atoms with Gasteiger partial charge in [0.1, 0.15) is 12.0 Å². The third-order valence-corrected chi connectivity index (χ3v) is 3.03. The van der Waals surface area contributed by atoms with E-state index in [9.17, 15) is 8.42 Å². The molecule has 0 amide bonds. The predicted molar refractivity (Wildman–Crippen MR) is 58.0 cm³/mol. The summed E-state index contributed by atoms with van der Waals surface area (Å²) in [6.45, 7) is 1.74. The summed E-state index contributed by atoms with van der Waals surface area (Å²) < 4.78 is 27.1. The fraction of sp³-hybridized carbons (Fsp3) is 0.100. The Balaban J connectivity index is 2.40. The molecule has 0 unspecified atom stereocenters. The molecule has 16 heavy (non-hydrogen) atoms. The maximum atomic E-state index is 11.0. The van der Waals surface area contributed by atoms with E-state index in [1.54, 1.807) is 19.1 Å². The quantitative estimate of drug-likeness (QED) is 0.854. The molecule has 0 aliphatic rings. The summed E-state index contributed by atoms with van der Waals surface area (Å²) in [7, 11) is -3.64. The zero-order valence-electron chi connectivity index (χ0n) is 8.54. The number of aryl methyl sites for hydroxylation is 1. The first kappa shape index (κ1) is 10.8. The topological polar surface area (TPSA) is 86.2 Å². The van der Waals surface area contributed by atoms with Crippen LogP contribution in [0.5, 0.6) is 0 Å². The Labute approximate surface area is 93.0 Å². The average Bonchev–Trinajstić information content (AvgIpc) is 2.64. The third-order valence-electron chi connectivity index (χ3n) is 2.10. The van der Waals surface area contributed by atoms with Crippen LogP contribution < -0.4 is 5.14 Å². The van der Waals surface area contributed by atoms with Crippen molar-refractivity contribution in [3.63, 3.8) is 0 Å². The van der Waals surface area contributed by atoms with Crippen LogP contribution in [0, 0.1) is 6.92 Å². The fourth-order valence-electron chi connectivity index (χ4n) is 1.31. The van der Waals surface area contributed by atoms with Crippen molar-refractivity contribution in [2.24, 2.45) is 5.14 Å². The minimum Gasteiger partial charge on any atom is -0.449 e. The molecule has 0 saturated heterocycles. The van der Waals surface area contributed by atoms with Crippen molar-refractivity contribution in [2.45, 2.75) is 11.8 Å². The van der Waals surface area contributed by atoms with Crippen molar-refractivity contribution >= 4 is 10.0 Å². The molecule has 0 radical (unpaired) electrons. The SMILES string of the molecule is Cc1nc(-c2ccc(S(N)(=O)=O)cc2)co1. The Morgan fingerprint density at radius 3 is 2.31 bits per heavy atom. The van der Waals surface area contributed by atoms with Gasteiger partial charge in [0.2, 0.25) is 10.0 Å². The summed E-state index contributed by atoms with van der Waals surface area (Å²) in [5.41, 5.74) is 1.45. The highest BCUT2D eigenvalue weighted by atomic mass is 32.2. The van der Waals surface area contributed by atoms with E-state index in [4.69, 9.17) is 9.56 Å². The molecule has 5 nitrogen and oxygen atoms in total. The van der Waals surface area contributed by atoms with Crippen LogP contribution >= 0.6 is 0 Å². The van der Waals surface area contributed by atoms with Crippen molar-refractivity contribution in [3.05, 3.63) is 36.4 Å². The molecule has 84 valence electrons. The van der Waals surface area contributed by atoms with E-state index < -0.39 is 10.0 Å². The average molecular weight is 238 g/mol. The van der Waals surface area contributed by atoms with Crippen LogP contribution in [0.15, 0.2) is 39.8 Å². The van der Waals surface area contributed by atoms with Crippen LogP contribution in [-0.4, -0.2) is 13.4 Å². The van der Waals surface area contributed by atoms with Crippen LogP contribution in [0.4, 0.5) is 0 Å². The van der Waals surface area contributed by atoms with Crippen molar-refractivity contribution < 1.29 is 12.8 Å². The Morgan fingerprint density at radius 2 is 1.88 bits per heavy atom. The lowest BCUT2D eigenvalue weighted by Gasteiger charge is -1.99. The van der Waals surface area contributed by atoms with Gasteiger partial charge in [0.25, 0.3) is 0 Å². The summed E-state index contributed by atoms with van der Waals surface area (Å²) >= 11 is 0. The van der Waals surface area contributed by atoms with E-state index >= 15 is 0 Å². The minimum atomic E-state index is -3.64. The first-order chi connectivity index (χ1) is 7.47. The van der Waals surface area contributed by atoms with Gasteiger partial charge in [-0.1, -0.05) is 12.1 Å². The third kappa shape index (κ3) is 2.12. The standard InChI is InChI=1S/C10H10N2O3S/c1-7-12-10(6-15-7)8-2-4-9(5-3-8)16(11,13)14/h2-6H,1H3,(H2,11,13,14). The molecule has 0 saturated carbocycles. The molecule has 2 aromatic rings. The van der Waals surface area contributed by atoms with Gasteiger partial charge in [-0.3, -0.25) is 0 Å². The number of primary sulfonamides is 1. The van der Waals surface area contributed by atoms with E-state index in [-0.39, 0.29) is 4.90 Å². The van der Waals surface area contributed by atoms with E-state index in [2.05, 4.69) is 4.98 Å². The van der Waals surface area contributed by atoms with Gasteiger partial charge in [-0.25, -0.2) is 18.5 Å². The van der Waals surface area contributed by atoms with Gasteiger partial charge in [0.05, 0.1) is 4.90 Å². The molecule has 0 aliphatic carbocycles. The lowest BCUT2D eigenvalue weighted by Crippen LogP contribution is -2.11. The molecule has 1 heterocycles. The number of rotatable bonds is 2. The monoisotopic (exact) mass is 238 g/mol. The molecule has 6 heteroatoms. The summed E-state index contributed by atoms with van der Waals surface area (Å²) in [6, 6.07) is 6.15.